The second-order valence-corrected chi connectivity index (χ2v) is 19.2. The van der Waals surface area contributed by atoms with Gasteiger partial charge in [0.1, 0.15) is 0 Å². The van der Waals surface area contributed by atoms with Crippen LogP contribution in [0, 0.1) is 0 Å². The van der Waals surface area contributed by atoms with Gasteiger partial charge in [-0.05, 0) is 77.0 Å². The van der Waals surface area contributed by atoms with E-state index in [0.29, 0.717) is 6.42 Å². The summed E-state index contributed by atoms with van der Waals surface area (Å²) in [5, 5.41) is 33.4. The van der Waals surface area contributed by atoms with Gasteiger partial charge in [0.05, 0.1) is 31.3 Å². The Bertz CT molecular complexity index is 1080. The van der Waals surface area contributed by atoms with Gasteiger partial charge in [0.25, 0.3) is 0 Å². The van der Waals surface area contributed by atoms with E-state index in [1.807, 2.05) is 6.08 Å². The number of hydrogen-bond acceptors (Lipinski definition) is 4. The number of aliphatic hydroxyl groups is 3. The van der Waals surface area contributed by atoms with Gasteiger partial charge in [-0.15, -0.1) is 0 Å². The van der Waals surface area contributed by atoms with E-state index in [4.69, 9.17) is 0 Å². The maximum atomic E-state index is 12.5. The van der Waals surface area contributed by atoms with Crippen molar-refractivity contribution in [1.82, 2.24) is 5.32 Å². The minimum atomic E-state index is -0.963. The van der Waals surface area contributed by atoms with Gasteiger partial charge in [-0.1, -0.05) is 261 Å². The number of allylic oxidation sites excluding steroid dienone is 9. The van der Waals surface area contributed by atoms with Gasteiger partial charge in [-0.3, -0.25) is 4.79 Å². The van der Waals surface area contributed by atoms with Crippen molar-refractivity contribution in [1.29, 1.82) is 0 Å². The topological polar surface area (TPSA) is 89.8 Å². The molecule has 3 unspecified atom stereocenters. The highest BCUT2D eigenvalue weighted by Gasteiger charge is 2.20. The van der Waals surface area contributed by atoms with Crippen LogP contribution in [-0.2, 0) is 4.79 Å². The average molecular weight is 897 g/mol. The molecule has 0 aromatic carbocycles. The Kier molecular flexibility index (Phi) is 52.0. The van der Waals surface area contributed by atoms with Gasteiger partial charge in [0, 0.05) is 0 Å². The van der Waals surface area contributed by atoms with E-state index in [1.54, 1.807) is 6.08 Å². The van der Waals surface area contributed by atoms with Crippen molar-refractivity contribution >= 4 is 5.91 Å². The van der Waals surface area contributed by atoms with Crippen molar-refractivity contribution < 1.29 is 20.1 Å². The molecule has 0 saturated heterocycles. The standard InChI is InChI=1S/C59H109NO4/c1-3-5-7-9-11-13-15-17-19-21-23-25-26-27-28-29-30-31-32-33-34-36-38-40-42-44-46-48-50-52-56(62)54-59(64)60-57(55-61)58(63)53-51-49-47-45-43-41-39-37-35-24-22-20-18-16-14-12-10-8-6-4-2/h23,25,27-28,35,37,43,45,51,53,56-58,61-63H,3-22,24,26,29-34,36,38-42,44,46-50,52,54-55H2,1-2H3,(H,60,64)/b25-23-,28-27-,37-35+,45-43+,53-51+. The van der Waals surface area contributed by atoms with Crippen LogP contribution in [0.1, 0.15) is 284 Å². The molecule has 0 aliphatic carbocycles. The lowest BCUT2D eigenvalue weighted by atomic mass is 10.0. The summed E-state index contributed by atoms with van der Waals surface area (Å²) in [6.07, 6.45) is 72.6. The molecule has 0 aliphatic rings. The number of aliphatic hydroxyl groups excluding tert-OH is 3. The molecule has 0 aromatic rings. The summed E-state index contributed by atoms with van der Waals surface area (Å²) in [7, 11) is 0. The normalized spacial score (nSPS) is 13.8. The summed E-state index contributed by atoms with van der Waals surface area (Å²) in [6, 6.07) is -0.770. The highest BCUT2D eigenvalue weighted by molar-refractivity contribution is 5.76. The van der Waals surface area contributed by atoms with Gasteiger partial charge in [0.15, 0.2) is 0 Å². The average Bonchev–Trinajstić information content (AvgIpc) is 3.29. The van der Waals surface area contributed by atoms with Crippen LogP contribution in [0.4, 0.5) is 0 Å². The lowest BCUT2D eigenvalue weighted by molar-refractivity contribution is -0.124. The van der Waals surface area contributed by atoms with Crippen LogP contribution in [0.2, 0.25) is 0 Å². The van der Waals surface area contributed by atoms with E-state index in [-0.39, 0.29) is 18.9 Å². The smallest absolute Gasteiger partial charge is 0.222 e. The summed E-state index contributed by atoms with van der Waals surface area (Å²) >= 11 is 0. The van der Waals surface area contributed by atoms with Gasteiger partial charge in [-0.2, -0.15) is 0 Å². The number of rotatable bonds is 51. The molecule has 0 rings (SSSR count). The van der Waals surface area contributed by atoms with Crippen molar-refractivity contribution in [3.05, 3.63) is 60.8 Å². The van der Waals surface area contributed by atoms with E-state index in [0.717, 1.165) is 44.9 Å². The maximum Gasteiger partial charge on any atom is 0.222 e. The van der Waals surface area contributed by atoms with E-state index in [9.17, 15) is 20.1 Å². The first kappa shape index (κ1) is 62.1. The first-order valence-electron chi connectivity index (χ1n) is 28.1. The zero-order valence-electron chi connectivity index (χ0n) is 42.7. The highest BCUT2D eigenvalue weighted by Crippen LogP contribution is 2.16. The molecule has 0 aliphatic heterocycles. The second kappa shape index (κ2) is 53.7. The van der Waals surface area contributed by atoms with Crippen LogP contribution in [0.3, 0.4) is 0 Å². The molecule has 0 bridgehead atoms. The molecule has 0 saturated carbocycles. The SMILES string of the molecule is CCCCCCCCCCC/C=C\C/C=C\CCCCCCCCCCCCCCCC(O)CC(=O)NC(CO)C(O)/C=C/CC/C=C/CC/C=C/CCCCCCCCCCCC. The van der Waals surface area contributed by atoms with Crippen molar-refractivity contribution in [2.75, 3.05) is 6.61 Å². The Balaban J connectivity index is 3.63. The summed E-state index contributed by atoms with van der Waals surface area (Å²) < 4.78 is 0. The molecule has 3 atom stereocenters. The van der Waals surface area contributed by atoms with Crippen LogP contribution in [0.25, 0.3) is 0 Å². The molecule has 5 heteroatoms. The first-order valence-corrected chi connectivity index (χ1v) is 28.1. The Morgan fingerprint density at radius 2 is 0.719 bits per heavy atom. The third-order valence-corrected chi connectivity index (χ3v) is 12.8. The van der Waals surface area contributed by atoms with Crippen LogP contribution in [-0.4, -0.2) is 46.1 Å². The number of unbranched alkanes of at least 4 members (excludes halogenated alkanes) is 34. The Hall–Kier alpha value is -1.95. The summed E-state index contributed by atoms with van der Waals surface area (Å²) in [5.41, 5.74) is 0. The molecule has 0 fully saturated rings. The molecule has 0 spiro atoms. The van der Waals surface area contributed by atoms with Gasteiger partial charge in [-0.25, -0.2) is 0 Å². The summed E-state index contributed by atoms with van der Waals surface area (Å²) in [6.45, 7) is 4.21. The van der Waals surface area contributed by atoms with Crippen LogP contribution in [0.5, 0.6) is 0 Å². The third-order valence-electron chi connectivity index (χ3n) is 12.8. The number of carbonyl (C=O) groups is 1. The fourth-order valence-corrected chi connectivity index (χ4v) is 8.46. The molecular weight excluding hydrogens is 787 g/mol. The summed E-state index contributed by atoms with van der Waals surface area (Å²) in [5.74, 6) is -0.329. The van der Waals surface area contributed by atoms with E-state index < -0.39 is 18.2 Å². The van der Waals surface area contributed by atoms with E-state index in [1.165, 1.54) is 212 Å². The molecule has 1 amide bonds. The Labute approximate surface area is 399 Å². The number of hydrogen-bond donors (Lipinski definition) is 4. The predicted molar refractivity (Wildman–Crippen MR) is 282 cm³/mol. The molecular formula is C59H109NO4. The fraction of sp³-hybridized carbons (Fsp3) is 0.814. The van der Waals surface area contributed by atoms with Crippen molar-refractivity contribution in [2.24, 2.45) is 0 Å². The molecule has 4 N–H and O–H groups in total. The molecule has 374 valence electrons. The molecule has 0 aromatic heterocycles. The zero-order chi connectivity index (χ0) is 46.5. The van der Waals surface area contributed by atoms with E-state index >= 15 is 0 Å². The predicted octanol–water partition coefficient (Wildman–Crippen LogP) is 17.4. The van der Waals surface area contributed by atoms with Gasteiger partial charge in [0.2, 0.25) is 5.91 Å². The van der Waals surface area contributed by atoms with Gasteiger partial charge >= 0.3 is 0 Å². The molecule has 5 nitrogen and oxygen atoms in total. The minimum Gasteiger partial charge on any atom is -0.394 e. The maximum absolute atomic E-state index is 12.5. The van der Waals surface area contributed by atoms with Crippen molar-refractivity contribution in [2.45, 2.75) is 302 Å². The fourth-order valence-electron chi connectivity index (χ4n) is 8.46. The molecule has 0 heterocycles. The number of carbonyl (C=O) groups excluding carboxylic acids is 1. The minimum absolute atomic E-state index is 0.000623. The largest absolute Gasteiger partial charge is 0.394 e. The first-order chi connectivity index (χ1) is 31.5. The highest BCUT2D eigenvalue weighted by atomic mass is 16.3. The van der Waals surface area contributed by atoms with Gasteiger partial charge < -0.3 is 20.6 Å². The van der Waals surface area contributed by atoms with Crippen LogP contribution in [0.15, 0.2) is 60.8 Å². The van der Waals surface area contributed by atoms with E-state index in [2.05, 4.69) is 67.8 Å². The van der Waals surface area contributed by atoms with Crippen molar-refractivity contribution in [3.8, 4) is 0 Å². The number of amides is 1. The Morgan fingerprint density at radius 1 is 0.406 bits per heavy atom. The zero-order valence-corrected chi connectivity index (χ0v) is 42.7. The lowest BCUT2D eigenvalue weighted by Crippen LogP contribution is -2.45. The quantitative estimate of drug-likeness (QED) is 0.0362. The molecule has 0 radical (unpaired) electrons. The third kappa shape index (κ3) is 49.5. The van der Waals surface area contributed by atoms with Crippen LogP contribution >= 0.6 is 0 Å². The number of nitrogens with one attached hydrogen (secondary N) is 1. The molecule has 64 heavy (non-hydrogen) atoms. The monoisotopic (exact) mass is 896 g/mol. The second-order valence-electron chi connectivity index (χ2n) is 19.2. The van der Waals surface area contributed by atoms with Crippen molar-refractivity contribution in [3.63, 3.8) is 0 Å². The lowest BCUT2D eigenvalue weighted by Gasteiger charge is -2.21. The Morgan fingerprint density at radius 3 is 1.09 bits per heavy atom. The summed E-state index contributed by atoms with van der Waals surface area (Å²) in [4.78, 5) is 12.5. The van der Waals surface area contributed by atoms with Crippen LogP contribution < -0.4 is 5.32 Å².